The van der Waals surface area contributed by atoms with E-state index in [4.69, 9.17) is 0 Å². The van der Waals surface area contributed by atoms with Crippen molar-refractivity contribution < 1.29 is 5.11 Å². The summed E-state index contributed by atoms with van der Waals surface area (Å²) >= 11 is 0. The van der Waals surface area contributed by atoms with E-state index in [1.54, 1.807) is 12.4 Å². The minimum absolute atomic E-state index is 0.202. The van der Waals surface area contributed by atoms with E-state index in [2.05, 4.69) is 20.2 Å². The fourth-order valence-corrected chi connectivity index (χ4v) is 2.24. The number of nitrogens with one attached hydrogen (secondary N) is 1. The number of hydrogen-bond acceptors (Lipinski definition) is 5. The van der Waals surface area contributed by atoms with Crippen LogP contribution in [0.4, 0.5) is 11.6 Å². The Hall–Kier alpha value is -1.36. The topological polar surface area (TPSA) is 61.3 Å². The molecule has 0 aliphatic carbocycles. The molecule has 94 valence electrons. The van der Waals surface area contributed by atoms with Crippen LogP contribution in [0.2, 0.25) is 0 Å². The van der Waals surface area contributed by atoms with Gasteiger partial charge in [0.15, 0.2) is 0 Å². The maximum absolute atomic E-state index is 9.56. The molecular formula is C12H20N4O. The molecule has 2 rings (SSSR count). The Morgan fingerprint density at radius 2 is 2.12 bits per heavy atom. The zero-order valence-electron chi connectivity index (χ0n) is 10.4. The molecule has 17 heavy (non-hydrogen) atoms. The first-order chi connectivity index (χ1) is 8.20. The van der Waals surface area contributed by atoms with E-state index >= 15 is 0 Å². The Morgan fingerprint density at radius 3 is 2.71 bits per heavy atom. The van der Waals surface area contributed by atoms with Gasteiger partial charge in [-0.1, -0.05) is 0 Å². The fourth-order valence-electron chi connectivity index (χ4n) is 2.24. The first-order valence-corrected chi connectivity index (χ1v) is 6.13. The molecular weight excluding hydrogens is 216 g/mol. The Labute approximate surface area is 102 Å². The zero-order valence-corrected chi connectivity index (χ0v) is 10.4. The molecule has 0 spiro atoms. The van der Waals surface area contributed by atoms with Crippen molar-refractivity contribution in [1.82, 2.24) is 9.97 Å². The minimum Gasteiger partial charge on any atom is -0.393 e. The number of piperidine rings is 1. The average molecular weight is 236 g/mol. The van der Waals surface area contributed by atoms with Crippen molar-refractivity contribution in [3.8, 4) is 0 Å². The summed E-state index contributed by atoms with van der Waals surface area (Å²) in [6.07, 6.45) is 5.34. The molecule has 1 aliphatic rings. The van der Waals surface area contributed by atoms with Gasteiger partial charge in [-0.2, -0.15) is 0 Å². The molecule has 1 aromatic rings. The summed E-state index contributed by atoms with van der Waals surface area (Å²) in [5.74, 6) is 2.13. The molecule has 0 radical (unpaired) electrons. The monoisotopic (exact) mass is 236 g/mol. The van der Waals surface area contributed by atoms with Crippen LogP contribution in [0.5, 0.6) is 0 Å². The van der Waals surface area contributed by atoms with Crippen molar-refractivity contribution >= 4 is 11.6 Å². The van der Waals surface area contributed by atoms with Crippen LogP contribution < -0.4 is 10.2 Å². The first-order valence-electron chi connectivity index (χ1n) is 6.13. The number of anilines is 2. The lowest BCUT2D eigenvalue weighted by Gasteiger charge is -2.33. The van der Waals surface area contributed by atoms with Crippen molar-refractivity contribution in [1.29, 1.82) is 0 Å². The van der Waals surface area contributed by atoms with Gasteiger partial charge < -0.3 is 15.3 Å². The van der Waals surface area contributed by atoms with Crippen molar-refractivity contribution in [2.24, 2.45) is 5.92 Å². The maximum Gasteiger partial charge on any atom is 0.149 e. The van der Waals surface area contributed by atoms with E-state index in [0.29, 0.717) is 5.92 Å². The number of rotatable bonds is 3. The van der Waals surface area contributed by atoms with Crippen molar-refractivity contribution in [3.63, 3.8) is 0 Å². The highest BCUT2D eigenvalue weighted by molar-refractivity contribution is 5.43. The molecule has 1 unspecified atom stereocenters. The van der Waals surface area contributed by atoms with E-state index in [-0.39, 0.29) is 6.10 Å². The second-order valence-electron chi connectivity index (χ2n) is 4.58. The lowest BCUT2D eigenvalue weighted by molar-refractivity contribution is 0.110. The second kappa shape index (κ2) is 5.31. The second-order valence-corrected chi connectivity index (χ2v) is 4.58. The van der Waals surface area contributed by atoms with Crippen LogP contribution in [0.3, 0.4) is 0 Å². The lowest BCUT2D eigenvalue weighted by atomic mass is 9.92. The van der Waals surface area contributed by atoms with Gasteiger partial charge in [-0.3, -0.25) is 4.98 Å². The molecule has 1 aromatic heterocycles. The third kappa shape index (κ3) is 2.85. The van der Waals surface area contributed by atoms with Crippen LogP contribution in [-0.4, -0.2) is 41.3 Å². The maximum atomic E-state index is 9.56. The molecule has 0 amide bonds. The zero-order chi connectivity index (χ0) is 12.3. The van der Waals surface area contributed by atoms with Gasteiger partial charge in [-0.25, -0.2) is 4.98 Å². The van der Waals surface area contributed by atoms with E-state index < -0.39 is 0 Å². The SMILES string of the molecule is CNc1cncc(N2CCC(C(C)O)CC2)n1. The number of aromatic nitrogens is 2. The van der Waals surface area contributed by atoms with Crippen LogP contribution in [0, 0.1) is 5.92 Å². The molecule has 2 N–H and O–H groups in total. The summed E-state index contributed by atoms with van der Waals surface area (Å²) in [6, 6.07) is 0. The van der Waals surface area contributed by atoms with Crippen molar-refractivity contribution in [3.05, 3.63) is 12.4 Å². The summed E-state index contributed by atoms with van der Waals surface area (Å²) in [5.41, 5.74) is 0. The van der Waals surface area contributed by atoms with E-state index in [9.17, 15) is 5.11 Å². The predicted octanol–water partition coefficient (Wildman–Crippen LogP) is 1.12. The van der Waals surface area contributed by atoms with Crippen LogP contribution in [0.1, 0.15) is 19.8 Å². The standard InChI is InChI=1S/C12H20N4O/c1-9(17)10-3-5-16(6-4-10)12-8-14-7-11(13-2)15-12/h7-10,17H,3-6H2,1-2H3,(H,13,15). The Kier molecular flexibility index (Phi) is 3.78. The third-order valence-corrected chi connectivity index (χ3v) is 3.42. The highest BCUT2D eigenvalue weighted by Gasteiger charge is 2.23. The van der Waals surface area contributed by atoms with Crippen LogP contribution in [0.25, 0.3) is 0 Å². The molecule has 0 bridgehead atoms. The highest BCUT2D eigenvalue weighted by atomic mass is 16.3. The lowest BCUT2D eigenvalue weighted by Crippen LogP contribution is -2.37. The number of aliphatic hydroxyl groups is 1. The van der Waals surface area contributed by atoms with Gasteiger partial charge in [-0.05, 0) is 25.7 Å². The smallest absolute Gasteiger partial charge is 0.149 e. The van der Waals surface area contributed by atoms with E-state index in [1.807, 2.05) is 14.0 Å². The summed E-state index contributed by atoms with van der Waals surface area (Å²) < 4.78 is 0. The van der Waals surface area contributed by atoms with E-state index in [0.717, 1.165) is 37.6 Å². The molecule has 5 nitrogen and oxygen atoms in total. The minimum atomic E-state index is -0.202. The molecule has 0 aromatic carbocycles. The molecule has 2 heterocycles. The Balaban J connectivity index is 2.00. The van der Waals surface area contributed by atoms with Crippen LogP contribution >= 0.6 is 0 Å². The molecule has 0 saturated carbocycles. The summed E-state index contributed by atoms with van der Waals surface area (Å²) in [7, 11) is 1.84. The Bertz CT molecular complexity index is 361. The van der Waals surface area contributed by atoms with Crippen LogP contribution in [-0.2, 0) is 0 Å². The normalized spacial score (nSPS) is 19.1. The van der Waals surface area contributed by atoms with Crippen molar-refractivity contribution in [2.45, 2.75) is 25.9 Å². The van der Waals surface area contributed by atoms with Crippen LogP contribution in [0.15, 0.2) is 12.4 Å². The number of nitrogens with zero attached hydrogens (tertiary/aromatic N) is 3. The highest BCUT2D eigenvalue weighted by Crippen LogP contribution is 2.24. The molecule has 1 fully saturated rings. The van der Waals surface area contributed by atoms with Gasteiger partial charge in [0.25, 0.3) is 0 Å². The van der Waals surface area contributed by atoms with Crippen molar-refractivity contribution in [2.75, 3.05) is 30.4 Å². The van der Waals surface area contributed by atoms with Gasteiger partial charge in [0, 0.05) is 20.1 Å². The van der Waals surface area contributed by atoms with Gasteiger partial charge in [0.2, 0.25) is 0 Å². The summed E-state index contributed by atoms with van der Waals surface area (Å²) in [6.45, 7) is 3.76. The molecule has 1 aliphatic heterocycles. The number of aliphatic hydroxyl groups excluding tert-OH is 1. The molecule has 1 atom stereocenters. The largest absolute Gasteiger partial charge is 0.393 e. The van der Waals surface area contributed by atoms with Gasteiger partial charge in [0.1, 0.15) is 11.6 Å². The summed E-state index contributed by atoms with van der Waals surface area (Å²) in [4.78, 5) is 10.9. The van der Waals surface area contributed by atoms with E-state index in [1.165, 1.54) is 0 Å². The third-order valence-electron chi connectivity index (χ3n) is 3.42. The van der Waals surface area contributed by atoms with Gasteiger partial charge in [0.05, 0.1) is 18.5 Å². The summed E-state index contributed by atoms with van der Waals surface area (Å²) in [5, 5.41) is 12.6. The quantitative estimate of drug-likeness (QED) is 0.823. The van der Waals surface area contributed by atoms with Gasteiger partial charge >= 0.3 is 0 Å². The Morgan fingerprint density at radius 1 is 1.41 bits per heavy atom. The number of hydrogen-bond donors (Lipinski definition) is 2. The fraction of sp³-hybridized carbons (Fsp3) is 0.667. The predicted molar refractivity (Wildman–Crippen MR) is 68.2 cm³/mol. The first kappa shape index (κ1) is 12.1. The van der Waals surface area contributed by atoms with Gasteiger partial charge in [-0.15, -0.1) is 0 Å². The molecule has 1 saturated heterocycles. The molecule has 5 heteroatoms. The average Bonchev–Trinajstić information content (AvgIpc) is 2.39.